The quantitative estimate of drug-likeness (QED) is 0.550. The summed E-state index contributed by atoms with van der Waals surface area (Å²) < 4.78 is 5.35. The van der Waals surface area contributed by atoms with Crippen molar-refractivity contribution in [2.24, 2.45) is 0 Å². The van der Waals surface area contributed by atoms with E-state index in [4.69, 9.17) is 4.74 Å². The van der Waals surface area contributed by atoms with Crippen molar-refractivity contribution in [1.82, 2.24) is 0 Å². The number of anilines is 1. The Morgan fingerprint density at radius 2 is 1.79 bits per heavy atom. The van der Waals surface area contributed by atoms with Crippen LogP contribution in [0.2, 0.25) is 0 Å². The lowest BCUT2D eigenvalue weighted by Gasteiger charge is -2.24. The van der Waals surface area contributed by atoms with Gasteiger partial charge in [0.05, 0.1) is 5.56 Å². The van der Waals surface area contributed by atoms with Gasteiger partial charge in [0.25, 0.3) is 0 Å². The highest BCUT2D eigenvalue weighted by Gasteiger charge is 2.28. The largest absolute Gasteiger partial charge is 0.443 e. The number of nitrogens with zero attached hydrogens (tertiary/aromatic N) is 1. The summed E-state index contributed by atoms with van der Waals surface area (Å²) in [5.74, 6) is -0.258. The molecule has 0 fully saturated rings. The van der Waals surface area contributed by atoms with Gasteiger partial charge >= 0.3 is 6.09 Å². The highest BCUT2D eigenvalue weighted by molar-refractivity contribution is 7.15. The predicted octanol–water partition coefficient (Wildman–Crippen LogP) is 4.70. The minimum atomic E-state index is -0.637. The van der Waals surface area contributed by atoms with E-state index in [-0.39, 0.29) is 18.0 Å². The molecule has 0 aliphatic rings. The Hall–Kier alpha value is -1.95. The van der Waals surface area contributed by atoms with E-state index in [1.807, 2.05) is 0 Å². The number of Topliss-reactive ketones (excluding diaryl/α,β-unsaturated/α-hetero) is 2. The summed E-state index contributed by atoms with van der Waals surface area (Å²) in [5.41, 5.74) is 0.531. The molecule has 0 aromatic carbocycles. The highest BCUT2D eigenvalue weighted by atomic mass is 32.1. The summed E-state index contributed by atoms with van der Waals surface area (Å²) in [5, 5.41) is 2.17. The van der Waals surface area contributed by atoms with E-state index in [0.717, 1.165) is 0 Å². The van der Waals surface area contributed by atoms with Crippen LogP contribution in [0.25, 0.3) is 5.57 Å². The minimum Gasteiger partial charge on any atom is -0.443 e. The Bertz CT molecular complexity index is 667. The van der Waals surface area contributed by atoms with Crippen LogP contribution in [0.3, 0.4) is 0 Å². The number of ether oxygens (including phenoxy) is 1. The number of hydrogen-bond acceptors (Lipinski definition) is 5. The Labute approximate surface area is 147 Å². The molecule has 24 heavy (non-hydrogen) atoms. The monoisotopic (exact) mass is 351 g/mol. The highest BCUT2D eigenvalue weighted by Crippen LogP contribution is 2.36. The number of thiophene rings is 1. The van der Waals surface area contributed by atoms with Crippen LogP contribution in [0.1, 0.15) is 63.4 Å². The average Bonchev–Trinajstić information content (AvgIpc) is 2.94. The van der Waals surface area contributed by atoms with Crippen LogP contribution >= 0.6 is 11.3 Å². The summed E-state index contributed by atoms with van der Waals surface area (Å²) in [7, 11) is 1.56. The van der Waals surface area contributed by atoms with Crippen LogP contribution in [0.4, 0.5) is 9.80 Å². The second-order valence-corrected chi connectivity index (χ2v) is 7.26. The Morgan fingerprint density at radius 3 is 2.25 bits per heavy atom. The van der Waals surface area contributed by atoms with Crippen LogP contribution < -0.4 is 4.90 Å². The molecule has 0 bridgehead atoms. The first kappa shape index (κ1) is 20.1. The first-order valence-electron chi connectivity index (χ1n) is 7.87. The predicted molar refractivity (Wildman–Crippen MR) is 97.9 cm³/mol. The first-order valence-corrected chi connectivity index (χ1v) is 8.75. The standard InChI is InChI=1S/C18H25NO4S/c1-8-13(20)11(3)12-10-24-16(15(12)14(21)9-2)19(7)17(22)23-18(4,5)6/h10H,3,8-9H2,1-2,4-7H3. The smallest absolute Gasteiger partial charge is 0.415 e. The molecule has 0 aliphatic heterocycles. The van der Waals surface area contributed by atoms with E-state index in [2.05, 4.69) is 6.58 Å². The maximum atomic E-state index is 12.4. The number of ketones is 2. The van der Waals surface area contributed by atoms with E-state index in [1.54, 1.807) is 47.0 Å². The van der Waals surface area contributed by atoms with Gasteiger partial charge in [-0.25, -0.2) is 4.79 Å². The fraction of sp³-hybridized carbons (Fsp3) is 0.500. The summed E-state index contributed by atoms with van der Waals surface area (Å²) in [6, 6.07) is 0. The molecule has 1 amide bonds. The lowest BCUT2D eigenvalue weighted by atomic mass is 9.97. The van der Waals surface area contributed by atoms with Gasteiger partial charge < -0.3 is 4.74 Å². The summed E-state index contributed by atoms with van der Waals surface area (Å²) in [6.45, 7) is 12.6. The number of carbonyl (C=O) groups is 3. The van der Waals surface area contributed by atoms with Crippen molar-refractivity contribution in [1.29, 1.82) is 0 Å². The van der Waals surface area contributed by atoms with Crippen molar-refractivity contribution in [2.75, 3.05) is 11.9 Å². The molecule has 132 valence electrons. The normalized spacial score (nSPS) is 11.1. The van der Waals surface area contributed by atoms with Gasteiger partial charge in [-0.05, 0) is 20.8 Å². The van der Waals surface area contributed by atoms with E-state index in [0.29, 0.717) is 28.1 Å². The number of hydrogen-bond donors (Lipinski definition) is 0. The van der Waals surface area contributed by atoms with Crippen molar-refractivity contribution in [2.45, 2.75) is 53.1 Å². The van der Waals surface area contributed by atoms with Gasteiger partial charge in [-0.1, -0.05) is 20.4 Å². The van der Waals surface area contributed by atoms with Gasteiger partial charge in [-0.3, -0.25) is 14.5 Å². The molecule has 0 aliphatic carbocycles. The molecule has 0 unspecified atom stereocenters. The van der Waals surface area contributed by atoms with Crippen molar-refractivity contribution >= 4 is 39.6 Å². The SMILES string of the molecule is C=C(C(=O)CC)c1csc(N(C)C(=O)OC(C)(C)C)c1C(=O)CC. The third-order valence-electron chi connectivity index (χ3n) is 3.33. The van der Waals surface area contributed by atoms with Gasteiger partial charge in [0, 0.05) is 36.4 Å². The van der Waals surface area contributed by atoms with E-state index in [1.165, 1.54) is 16.2 Å². The number of allylic oxidation sites excluding steroid dienone is 1. The topological polar surface area (TPSA) is 63.7 Å². The molecular formula is C18H25NO4S. The van der Waals surface area contributed by atoms with Crippen LogP contribution in [0.5, 0.6) is 0 Å². The maximum Gasteiger partial charge on any atom is 0.415 e. The number of carbonyl (C=O) groups excluding carboxylic acids is 3. The maximum absolute atomic E-state index is 12.4. The molecule has 1 rings (SSSR count). The molecule has 1 heterocycles. The minimum absolute atomic E-state index is 0.121. The van der Waals surface area contributed by atoms with Crippen LogP contribution in [-0.2, 0) is 9.53 Å². The molecule has 0 spiro atoms. The molecular weight excluding hydrogens is 326 g/mol. The number of amides is 1. The zero-order valence-electron chi connectivity index (χ0n) is 15.2. The third kappa shape index (κ3) is 4.54. The lowest BCUT2D eigenvalue weighted by molar-refractivity contribution is -0.113. The van der Waals surface area contributed by atoms with Crippen molar-refractivity contribution in [3.8, 4) is 0 Å². The van der Waals surface area contributed by atoms with Crippen molar-refractivity contribution < 1.29 is 19.1 Å². The molecule has 0 saturated heterocycles. The van der Waals surface area contributed by atoms with Gasteiger partial charge in [-0.15, -0.1) is 11.3 Å². The second-order valence-electron chi connectivity index (χ2n) is 6.40. The average molecular weight is 351 g/mol. The van der Waals surface area contributed by atoms with E-state index in [9.17, 15) is 14.4 Å². The van der Waals surface area contributed by atoms with Gasteiger partial charge in [-0.2, -0.15) is 0 Å². The van der Waals surface area contributed by atoms with Crippen LogP contribution in [-0.4, -0.2) is 30.3 Å². The zero-order valence-corrected chi connectivity index (χ0v) is 16.0. The van der Waals surface area contributed by atoms with Crippen LogP contribution in [0.15, 0.2) is 12.0 Å². The van der Waals surface area contributed by atoms with Crippen molar-refractivity contribution in [3.05, 3.63) is 23.1 Å². The molecule has 0 N–H and O–H groups in total. The Kier molecular flexibility index (Phi) is 6.49. The van der Waals surface area contributed by atoms with E-state index < -0.39 is 11.7 Å². The molecule has 0 atom stereocenters. The molecule has 0 saturated carbocycles. The third-order valence-corrected chi connectivity index (χ3v) is 4.38. The summed E-state index contributed by atoms with van der Waals surface area (Å²) >= 11 is 1.23. The van der Waals surface area contributed by atoms with Gasteiger partial charge in [0.2, 0.25) is 0 Å². The van der Waals surface area contributed by atoms with Crippen LogP contribution in [0, 0.1) is 0 Å². The summed E-state index contributed by atoms with van der Waals surface area (Å²) in [6.07, 6.45) is 0.0338. The Morgan fingerprint density at radius 1 is 1.21 bits per heavy atom. The zero-order chi connectivity index (χ0) is 18.7. The fourth-order valence-electron chi connectivity index (χ4n) is 2.04. The molecule has 6 heteroatoms. The Balaban J connectivity index is 3.32. The van der Waals surface area contributed by atoms with E-state index >= 15 is 0 Å². The van der Waals surface area contributed by atoms with Crippen molar-refractivity contribution in [3.63, 3.8) is 0 Å². The molecule has 1 aromatic heterocycles. The molecule has 0 radical (unpaired) electrons. The second kappa shape index (κ2) is 7.75. The first-order chi connectivity index (χ1) is 11.0. The lowest BCUT2D eigenvalue weighted by Crippen LogP contribution is -2.34. The number of rotatable bonds is 6. The summed E-state index contributed by atoms with van der Waals surface area (Å²) in [4.78, 5) is 38.0. The van der Waals surface area contributed by atoms with Gasteiger partial charge in [0.15, 0.2) is 11.6 Å². The fourth-order valence-corrected chi connectivity index (χ4v) is 3.10. The van der Waals surface area contributed by atoms with Gasteiger partial charge in [0.1, 0.15) is 10.6 Å². The molecule has 5 nitrogen and oxygen atoms in total. The molecule has 1 aromatic rings.